The van der Waals surface area contributed by atoms with Gasteiger partial charge in [0.05, 0.1) is 12.1 Å². The third kappa shape index (κ3) is 3.71. The van der Waals surface area contributed by atoms with Crippen LogP contribution in [0.15, 0.2) is 23.0 Å². The minimum Gasteiger partial charge on any atom is -0.366 e. The first-order valence-corrected chi connectivity index (χ1v) is 9.52. The number of hydrogen-bond acceptors (Lipinski definition) is 2. The molecular weight excluding hydrogens is 330 g/mol. The van der Waals surface area contributed by atoms with Crippen molar-refractivity contribution >= 4 is 28.2 Å². The average molecular weight is 358 g/mol. The van der Waals surface area contributed by atoms with Gasteiger partial charge >= 0.3 is 0 Å². The maximum absolute atomic E-state index is 12.7. The van der Waals surface area contributed by atoms with E-state index in [1.807, 2.05) is 20.0 Å². The Hall–Kier alpha value is -1.88. The van der Waals surface area contributed by atoms with Crippen molar-refractivity contribution < 1.29 is 0 Å². The molecule has 5 heteroatoms. The molecule has 2 N–H and O–H groups in total. The molecule has 1 aromatic heterocycles. The molecule has 4 nitrogen and oxygen atoms in total. The number of nitrogens with zero attached hydrogens (tertiary/aromatic N) is 1. The zero-order valence-electron chi connectivity index (χ0n) is 15.3. The minimum absolute atomic E-state index is 0.0130. The number of aromatic amines is 1. The van der Waals surface area contributed by atoms with Crippen LogP contribution < -0.4 is 10.9 Å². The van der Waals surface area contributed by atoms with Crippen LogP contribution in [0.3, 0.4) is 0 Å². The molecule has 0 radical (unpaired) electrons. The molecule has 25 heavy (non-hydrogen) atoms. The Balaban J connectivity index is 1.99. The smallest absolute Gasteiger partial charge is 0.253 e. The topological polar surface area (TPSA) is 48.1 Å². The van der Waals surface area contributed by atoms with E-state index in [9.17, 15) is 4.79 Å². The van der Waals surface area contributed by atoms with Gasteiger partial charge in [-0.25, -0.2) is 0 Å². The van der Waals surface area contributed by atoms with E-state index in [4.69, 9.17) is 12.2 Å². The maximum Gasteiger partial charge on any atom is 0.253 e. The van der Waals surface area contributed by atoms with Crippen molar-refractivity contribution in [2.45, 2.75) is 58.5 Å². The summed E-state index contributed by atoms with van der Waals surface area (Å²) in [5.74, 6) is 0. The molecule has 0 spiro atoms. The predicted molar refractivity (Wildman–Crippen MR) is 108 cm³/mol. The van der Waals surface area contributed by atoms with E-state index in [0.717, 1.165) is 40.0 Å². The molecule has 0 bridgehead atoms. The quantitative estimate of drug-likeness (QED) is 0.821. The lowest BCUT2D eigenvalue weighted by Crippen LogP contribution is -2.46. The zero-order valence-corrected chi connectivity index (χ0v) is 16.1. The normalized spacial score (nSPS) is 15.3. The van der Waals surface area contributed by atoms with Crippen LogP contribution in [0.5, 0.6) is 0 Å². The third-order valence-electron chi connectivity index (χ3n) is 5.35. The van der Waals surface area contributed by atoms with Gasteiger partial charge in [-0.15, -0.1) is 0 Å². The van der Waals surface area contributed by atoms with Gasteiger partial charge in [0.2, 0.25) is 0 Å². The Kier molecular flexibility index (Phi) is 5.42. The number of rotatable bonds is 3. The van der Waals surface area contributed by atoms with Crippen molar-refractivity contribution in [1.29, 1.82) is 0 Å². The van der Waals surface area contributed by atoms with Crippen molar-refractivity contribution in [3.63, 3.8) is 0 Å². The van der Waals surface area contributed by atoms with E-state index in [1.165, 1.54) is 24.8 Å². The summed E-state index contributed by atoms with van der Waals surface area (Å²) < 4.78 is 0. The lowest BCUT2D eigenvalue weighted by atomic mass is 9.94. The summed E-state index contributed by atoms with van der Waals surface area (Å²) in [5.41, 5.74) is 3.98. The number of benzene rings is 1. The van der Waals surface area contributed by atoms with Crippen LogP contribution in [0.25, 0.3) is 10.9 Å². The van der Waals surface area contributed by atoms with E-state index >= 15 is 0 Å². The van der Waals surface area contributed by atoms with Crippen LogP contribution in [0, 0.1) is 13.8 Å². The Morgan fingerprint density at radius 2 is 1.92 bits per heavy atom. The minimum atomic E-state index is -0.0130. The molecule has 0 amide bonds. The predicted octanol–water partition coefficient (Wildman–Crippen LogP) is 3.78. The van der Waals surface area contributed by atoms with Gasteiger partial charge in [-0.2, -0.15) is 0 Å². The van der Waals surface area contributed by atoms with Crippen molar-refractivity contribution in [1.82, 2.24) is 15.2 Å². The molecular formula is C20H27N3OS. The monoisotopic (exact) mass is 357 g/mol. The number of pyridine rings is 1. The first kappa shape index (κ1) is 17.9. The summed E-state index contributed by atoms with van der Waals surface area (Å²) >= 11 is 5.54. The molecule has 0 aliphatic heterocycles. The Morgan fingerprint density at radius 1 is 1.24 bits per heavy atom. The summed E-state index contributed by atoms with van der Waals surface area (Å²) in [7, 11) is 1.86. The molecule has 0 atom stereocenters. The summed E-state index contributed by atoms with van der Waals surface area (Å²) in [6.07, 6.45) is 6.06. The van der Waals surface area contributed by atoms with Crippen molar-refractivity contribution in [3.05, 3.63) is 45.2 Å². The molecule has 1 aliphatic rings. The summed E-state index contributed by atoms with van der Waals surface area (Å²) in [6.45, 7) is 4.67. The largest absolute Gasteiger partial charge is 0.366 e. The molecule has 0 saturated heterocycles. The lowest BCUT2D eigenvalue weighted by molar-refractivity contribution is 0.235. The first-order chi connectivity index (χ1) is 12.0. The summed E-state index contributed by atoms with van der Waals surface area (Å²) in [5, 5.41) is 4.95. The molecule has 3 rings (SSSR count). The van der Waals surface area contributed by atoms with Crippen molar-refractivity contribution in [2.24, 2.45) is 0 Å². The second kappa shape index (κ2) is 7.56. The number of fused-ring (bicyclic) bond motifs is 1. The zero-order chi connectivity index (χ0) is 18.0. The van der Waals surface area contributed by atoms with Crippen LogP contribution in [0.2, 0.25) is 0 Å². The number of aryl methyl sites for hydroxylation is 2. The average Bonchev–Trinajstić information content (AvgIpc) is 2.63. The van der Waals surface area contributed by atoms with Crippen molar-refractivity contribution in [2.75, 3.05) is 7.05 Å². The number of nitrogens with one attached hydrogen (secondary N) is 2. The highest BCUT2D eigenvalue weighted by Crippen LogP contribution is 2.25. The molecule has 1 fully saturated rings. The number of thiocarbonyl (C=S) groups is 1. The Bertz CT molecular complexity index is 837. The highest BCUT2D eigenvalue weighted by atomic mass is 32.1. The summed E-state index contributed by atoms with van der Waals surface area (Å²) in [4.78, 5) is 18.0. The van der Waals surface area contributed by atoms with E-state index in [0.29, 0.717) is 12.6 Å². The molecule has 1 saturated carbocycles. The van der Waals surface area contributed by atoms with Gasteiger partial charge in [0.1, 0.15) is 0 Å². The molecule has 1 aromatic carbocycles. The number of aromatic nitrogens is 1. The van der Waals surface area contributed by atoms with Gasteiger partial charge in [-0.05, 0) is 56.1 Å². The number of H-pyrrole nitrogens is 1. The van der Waals surface area contributed by atoms with Crippen LogP contribution in [-0.2, 0) is 6.54 Å². The van der Waals surface area contributed by atoms with Gasteiger partial charge < -0.3 is 15.2 Å². The van der Waals surface area contributed by atoms with Crippen LogP contribution in [0.1, 0.15) is 48.8 Å². The fourth-order valence-electron chi connectivity index (χ4n) is 3.82. The van der Waals surface area contributed by atoms with E-state index < -0.39 is 0 Å². The second-order valence-electron chi connectivity index (χ2n) is 7.09. The molecule has 134 valence electrons. The fourth-order valence-corrected chi connectivity index (χ4v) is 4.04. The van der Waals surface area contributed by atoms with Crippen LogP contribution in [0.4, 0.5) is 0 Å². The van der Waals surface area contributed by atoms with Crippen LogP contribution in [-0.4, -0.2) is 28.1 Å². The molecule has 0 unspecified atom stereocenters. The molecule has 2 aromatic rings. The van der Waals surface area contributed by atoms with Gasteiger partial charge in [0.25, 0.3) is 5.56 Å². The van der Waals surface area contributed by atoms with Crippen LogP contribution >= 0.6 is 12.2 Å². The maximum atomic E-state index is 12.7. The Morgan fingerprint density at radius 3 is 2.60 bits per heavy atom. The van der Waals surface area contributed by atoms with Crippen molar-refractivity contribution in [3.8, 4) is 0 Å². The lowest BCUT2D eigenvalue weighted by Gasteiger charge is -2.36. The van der Waals surface area contributed by atoms with Gasteiger partial charge in [0, 0.05) is 24.0 Å². The second-order valence-corrected chi connectivity index (χ2v) is 7.47. The SMILES string of the molecule is CNC(=S)N(Cc1cc2c(C)ccc(C)c2[nH]c1=O)C1CCCCC1. The summed E-state index contributed by atoms with van der Waals surface area (Å²) in [6, 6.07) is 6.63. The molecule has 1 aliphatic carbocycles. The van der Waals surface area contributed by atoms with Gasteiger partial charge in [-0.3, -0.25) is 4.79 Å². The highest BCUT2D eigenvalue weighted by Gasteiger charge is 2.24. The highest BCUT2D eigenvalue weighted by molar-refractivity contribution is 7.80. The first-order valence-electron chi connectivity index (χ1n) is 9.11. The Labute approximate surface area is 154 Å². The van der Waals surface area contributed by atoms with Gasteiger partial charge in [0.15, 0.2) is 5.11 Å². The van der Waals surface area contributed by atoms with Gasteiger partial charge in [-0.1, -0.05) is 31.4 Å². The fraction of sp³-hybridized carbons (Fsp3) is 0.500. The standard InChI is InChI=1S/C20H27N3OS/c1-13-9-10-14(2)18-17(13)11-15(19(24)22-18)12-23(20(25)21-3)16-7-5-4-6-8-16/h9-11,16H,4-8,12H2,1-3H3,(H,21,25)(H,22,24). The third-order valence-corrected chi connectivity index (χ3v) is 5.79. The van der Waals surface area contributed by atoms with E-state index in [1.54, 1.807) is 0 Å². The molecule has 1 heterocycles. The van der Waals surface area contributed by atoms with E-state index in [-0.39, 0.29) is 5.56 Å². The van der Waals surface area contributed by atoms with E-state index in [2.05, 4.69) is 34.3 Å². The number of hydrogen-bond donors (Lipinski definition) is 2.